The lowest BCUT2D eigenvalue weighted by molar-refractivity contribution is -0.120. The number of nitrogens with one attached hydrogen (secondary N) is 1. The van der Waals surface area contributed by atoms with Crippen molar-refractivity contribution in [3.63, 3.8) is 0 Å². The van der Waals surface area contributed by atoms with Gasteiger partial charge in [0.15, 0.2) is 18.1 Å². The molecule has 0 saturated carbocycles. The summed E-state index contributed by atoms with van der Waals surface area (Å²) in [5.74, 6) is -0.180. The van der Waals surface area contributed by atoms with E-state index in [1.807, 2.05) is 12.1 Å². The third-order valence-corrected chi connectivity index (χ3v) is 5.04. The first-order valence-corrected chi connectivity index (χ1v) is 10.3. The maximum absolute atomic E-state index is 12.8. The van der Waals surface area contributed by atoms with E-state index in [1.165, 1.54) is 31.9 Å². The van der Waals surface area contributed by atoms with E-state index in [0.717, 1.165) is 38.4 Å². The molecule has 0 spiro atoms. The van der Waals surface area contributed by atoms with E-state index in [2.05, 4.69) is 22.3 Å². The number of hydrogen-bond acceptors (Lipinski definition) is 7. The van der Waals surface area contributed by atoms with Crippen molar-refractivity contribution >= 4 is 11.8 Å². The highest BCUT2D eigenvalue weighted by molar-refractivity contribution is 5.95. The number of morpholine rings is 1. The van der Waals surface area contributed by atoms with E-state index in [1.54, 1.807) is 0 Å². The molecule has 0 radical (unpaired) electrons. The molecule has 3 rings (SSSR count). The van der Waals surface area contributed by atoms with E-state index >= 15 is 0 Å². The standard InChI is InChI=1S/C23H29N3O6/c1-29-19-11-18(12-20(30-2)22(19)32-15-21(24)27)23(28)25-13-16-4-3-5-17(10-16)14-26-6-8-31-9-7-26/h3-5,10-12H,6-9,13-15H2,1-2H3,(H2,24,27)(H,25,28). The molecule has 0 bridgehead atoms. The first-order chi connectivity index (χ1) is 15.5. The SMILES string of the molecule is COc1cc(C(=O)NCc2cccc(CN3CCOCC3)c2)cc(OC)c1OCC(N)=O. The van der Waals surface area contributed by atoms with Gasteiger partial charge < -0.3 is 30.0 Å². The second-order valence-corrected chi connectivity index (χ2v) is 7.36. The zero-order valence-corrected chi connectivity index (χ0v) is 18.4. The third kappa shape index (κ3) is 6.35. The first kappa shape index (κ1) is 23.4. The number of primary amides is 1. The van der Waals surface area contributed by atoms with Crippen molar-refractivity contribution in [3.05, 3.63) is 53.1 Å². The molecule has 1 saturated heterocycles. The monoisotopic (exact) mass is 443 g/mol. The Labute approximate surface area is 187 Å². The lowest BCUT2D eigenvalue weighted by Gasteiger charge is -2.26. The Kier molecular flexibility index (Phi) is 8.29. The van der Waals surface area contributed by atoms with Gasteiger partial charge in [0.1, 0.15) is 0 Å². The van der Waals surface area contributed by atoms with Crippen LogP contribution in [0.15, 0.2) is 36.4 Å². The Morgan fingerprint density at radius 3 is 2.34 bits per heavy atom. The summed E-state index contributed by atoms with van der Waals surface area (Å²) < 4.78 is 21.4. The van der Waals surface area contributed by atoms with Gasteiger partial charge in [-0.05, 0) is 23.3 Å². The lowest BCUT2D eigenvalue weighted by Crippen LogP contribution is -2.35. The molecule has 1 aliphatic rings. The molecular formula is C23H29N3O6. The van der Waals surface area contributed by atoms with Crippen molar-refractivity contribution in [1.29, 1.82) is 0 Å². The molecule has 2 aromatic rings. The maximum atomic E-state index is 12.8. The van der Waals surface area contributed by atoms with Crippen LogP contribution in [0, 0.1) is 0 Å². The highest BCUT2D eigenvalue weighted by atomic mass is 16.5. The number of amides is 2. The van der Waals surface area contributed by atoms with Crippen LogP contribution in [0.25, 0.3) is 0 Å². The maximum Gasteiger partial charge on any atom is 0.255 e. The van der Waals surface area contributed by atoms with Crippen LogP contribution in [-0.2, 0) is 22.6 Å². The fourth-order valence-corrected chi connectivity index (χ4v) is 3.44. The average molecular weight is 444 g/mol. The van der Waals surface area contributed by atoms with Crippen LogP contribution in [-0.4, -0.2) is 63.8 Å². The molecule has 1 fully saturated rings. The summed E-state index contributed by atoms with van der Waals surface area (Å²) in [6, 6.07) is 11.2. The minimum atomic E-state index is -0.633. The molecule has 9 heteroatoms. The normalized spacial score (nSPS) is 13.9. The number of hydrogen-bond donors (Lipinski definition) is 2. The number of carbonyl (C=O) groups excluding carboxylic acids is 2. The van der Waals surface area contributed by atoms with Crippen LogP contribution in [0.4, 0.5) is 0 Å². The molecule has 9 nitrogen and oxygen atoms in total. The Morgan fingerprint density at radius 2 is 1.72 bits per heavy atom. The lowest BCUT2D eigenvalue weighted by atomic mass is 10.1. The smallest absolute Gasteiger partial charge is 0.255 e. The van der Waals surface area contributed by atoms with Crippen molar-refractivity contribution in [2.75, 3.05) is 47.1 Å². The largest absolute Gasteiger partial charge is 0.493 e. The molecule has 0 atom stereocenters. The zero-order valence-electron chi connectivity index (χ0n) is 18.4. The Bertz CT molecular complexity index is 918. The number of rotatable bonds is 10. The molecule has 3 N–H and O–H groups in total. The minimum absolute atomic E-state index is 0.209. The molecule has 0 aromatic heterocycles. The van der Waals surface area contributed by atoms with Gasteiger partial charge in [-0.2, -0.15) is 0 Å². The van der Waals surface area contributed by atoms with Crippen LogP contribution >= 0.6 is 0 Å². The van der Waals surface area contributed by atoms with Gasteiger partial charge in [0.2, 0.25) is 5.75 Å². The van der Waals surface area contributed by atoms with Gasteiger partial charge in [-0.15, -0.1) is 0 Å². The Morgan fingerprint density at radius 1 is 1.06 bits per heavy atom. The summed E-state index contributed by atoms with van der Waals surface area (Å²) in [4.78, 5) is 26.2. The van der Waals surface area contributed by atoms with Crippen LogP contribution in [0.1, 0.15) is 21.5 Å². The van der Waals surface area contributed by atoms with Crippen molar-refractivity contribution in [2.45, 2.75) is 13.1 Å². The van der Waals surface area contributed by atoms with Crippen LogP contribution in [0.5, 0.6) is 17.2 Å². The summed E-state index contributed by atoms with van der Waals surface area (Å²) in [5.41, 5.74) is 7.68. The highest BCUT2D eigenvalue weighted by Crippen LogP contribution is 2.38. The van der Waals surface area contributed by atoms with Gasteiger partial charge in [0.05, 0.1) is 27.4 Å². The van der Waals surface area contributed by atoms with E-state index in [9.17, 15) is 9.59 Å². The van der Waals surface area contributed by atoms with Gasteiger partial charge >= 0.3 is 0 Å². The second kappa shape index (κ2) is 11.4. The van der Waals surface area contributed by atoms with Crippen molar-refractivity contribution in [3.8, 4) is 17.2 Å². The number of ether oxygens (including phenoxy) is 4. The third-order valence-electron chi connectivity index (χ3n) is 5.04. The quantitative estimate of drug-likeness (QED) is 0.570. The van der Waals surface area contributed by atoms with Gasteiger partial charge in [-0.3, -0.25) is 14.5 Å². The fourth-order valence-electron chi connectivity index (χ4n) is 3.44. The highest BCUT2D eigenvalue weighted by Gasteiger charge is 2.18. The topological polar surface area (TPSA) is 112 Å². The summed E-state index contributed by atoms with van der Waals surface area (Å²) in [5, 5.41) is 2.92. The molecule has 2 amide bonds. The second-order valence-electron chi connectivity index (χ2n) is 7.36. The predicted octanol–water partition coefficient (Wildman–Crippen LogP) is 1.33. The molecular weight excluding hydrogens is 414 g/mol. The molecule has 1 heterocycles. The van der Waals surface area contributed by atoms with Gasteiger partial charge in [-0.25, -0.2) is 0 Å². The first-order valence-electron chi connectivity index (χ1n) is 10.3. The number of benzene rings is 2. The molecule has 2 aromatic carbocycles. The van der Waals surface area contributed by atoms with Gasteiger partial charge in [0.25, 0.3) is 11.8 Å². The summed E-state index contributed by atoms with van der Waals surface area (Å²) in [6.45, 7) is 4.25. The van der Waals surface area contributed by atoms with E-state index in [-0.39, 0.29) is 29.8 Å². The molecule has 0 unspecified atom stereocenters. The summed E-state index contributed by atoms with van der Waals surface area (Å²) in [7, 11) is 2.88. The summed E-state index contributed by atoms with van der Waals surface area (Å²) >= 11 is 0. The molecule has 1 aliphatic heterocycles. The molecule has 0 aliphatic carbocycles. The Balaban J connectivity index is 1.66. The van der Waals surface area contributed by atoms with Gasteiger partial charge in [-0.1, -0.05) is 24.3 Å². The van der Waals surface area contributed by atoms with Gasteiger partial charge in [0, 0.05) is 31.7 Å². The molecule has 172 valence electrons. The van der Waals surface area contributed by atoms with E-state index in [0.29, 0.717) is 12.1 Å². The van der Waals surface area contributed by atoms with Crippen LogP contribution < -0.4 is 25.3 Å². The summed E-state index contributed by atoms with van der Waals surface area (Å²) in [6.07, 6.45) is 0. The van der Waals surface area contributed by atoms with Crippen molar-refractivity contribution in [1.82, 2.24) is 10.2 Å². The number of nitrogens with zero attached hydrogens (tertiary/aromatic N) is 1. The number of nitrogens with two attached hydrogens (primary N) is 1. The van der Waals surface area contributed by atoms with Crippen molar-refractivity contribution < 1.29 is 28.5 Å². The van der Waals surface area contributed by atoms with Crippen LogP contribution in [0.2, 0.25) is 0 Å². The van der Waals surface area contributed by atoms with Crippen molar-refractivity contribution in [2.24, 2.45) is 5.73 Å². The number of methoxy groups -OCH3 is 2. The van der Waals surface area contributed by atoms with E-state index in [4.69, 9.17) is 24.7 Å². The molecule has 32 heavy (non-hydrogen) atoms. The average Bonchev–Trinajstić information content (AvgIpc) is 2.81. The zero-order chi connectivity index (χ0) is 22.9. The van der Waals surface area contributed by atoms with Crippen LogP contribution in [0.3, 0.4) is 0 Å². The minimum Gasteiger partial charge on any atom is -0.493 e. The fraction of sp³-hybridized carbons (Fsp3) is 0.391. The Hall–Kier alpha value is -3.30. The van der Waals surface area contributed by atoms with E-state index < -0.39 is 5.91 Å². The predicted molar refractivity (Wildman–Crippen MR) is 118 cm³/mol. The number of carbonyl (C=O) groups is 2.